The molecule has 1 aromatic rings. The summed E-state index contributed by atoms with van der Waals surface area (Å²) in [4.78, 5) is 17.3. The summed E-state index contributed by atoms with van der Waals surface area (Å²) in [6, 6.07) is 0.373. The summed E-state index contributed by atoms with van der Waals surface area (Å²) in [5.74, 6) is 1.19. The van der Waals surface area contributed by atoms with Gasteiger partial charge in [0.2, 0.25) is 5.91 Å². The fraction of sp³-hybridized carbons (Fsp3) is 0.789. The van der Waals surface area contributed by atoms with E-state index in [1.165, 1.54) is 5.56 Å². The van der Waals surface area contributed by atoms with Crippen molar-refractivity contribution in [2.45, 2.75) is 71.0 Å². The number of ether oxygens (including phenoxy) is 1. The SMILES string of the molecule is CC[C@@H]1N(Cc2c(C)noc2C)CCC[C@]12CCC(=O)N2CCOC. The molecule has 0 unspecified atom stereocenters. The van der Waals surface area contributed by atoms with Crippen LogP contribution in [0.1, 0.15) is 56.0 Å². The molecule has 0 radical (unpaired) electrons. The number of rotatable bonds is 6. The van der Waals surface area contributed by atoms with Gasteiger partial charge in [0.15, 0.2) is 0 Å². The Morgan fingerprint density at radius 1 is 1.36 bits per heavy atom. The number of amides is 1. The quantitative estimate of drug-likeness (QED) is 0.790. The average Bonchev–Trinajstić information content (AvgIpc) is 3.08. The van der Waals surface area contributed by atoms with Crippen molar-refractivity contribution in [2.75, 3.05) is 26.8 Å². The van der Waals surface area contributed by atoms with Gasteiger partial charge in [-0.25, -0.2) is 0 Å². The molecular weight excluding hydrogens is 318 g/mol. The van der Waals surface area contributed by atoms with Crippen LogP contribution in [-0.4, -0.2) is 59.3 Å². The first-order valence-electron chi connectivity index (χ1n) is 9.48. The normalized spacial score (nSPS) is 27.6. The van der Waals surface area contributed by atoms with Gasteiger partial charge in [0, 0.05) is 38.2 Å². The zero-order valence-corrected chi connectivity index (χ0v) is 16.0. The molecule has 6 nitrogen and oxygen atoms in total. The van der Waals surface area contributed by atoms with Crippen molar-refractivity contribution in [2.24, 2.45) is 0 Å². The van der Waals surface area contributed by atoms with Gasteiger partial charge in [-0.05, 0) is 46.1 Å². The highest BCUT2D eigenvalue weighted by atomic mass is 16.5. The molecule has 140 valence electrons. The third-order valence-electron chi connectivity index (χ3n) is 6.17. The predicted octanol–water partition coefficient (Wildman–Crippen LogP) is 2.67. The minimum Gasteiger partial charge on any atom is -0.383 e. The van der Waals surface area contributed by atoms with E-state index in [4.69, 9.17) is 9.26 Å². The number of aryl methyl sites for hydroxylation is 2. The van der Waals surface area contributed by atoms with Crippen molar-refractivity contribution >= 4 is 5.91 Å². The van der Waals surface area contributed by atoms with Gasteiger partial charge in [-0.1, -0.05) is 12.1 Å². The molecule has 0 aliphatic carbocycles. The molecule has 2 atom stereocenters. The maximum Gasteiger partial charge on any atom is 0.223 e. The number of hydrogen-bond donors (Lipinski definition) is 0. The molecule has 0 aromatic carbocycles. The number of carbonyl (C=O) groups is 1. The minimum atomic E-state index is -0.0401. The molecule has 0 N–H and O–H groups in total. The van der Waals surface area contributed by atoms with Gasteiger partial charge in [-0.15, -0.1) is 0 Å². The summed E-state index contributed by atoms with van der Waals surface area (Å²) >= 11 is 0. The van der Waals surface area contributed by atoms with Crippen molar-refractivity contribution in [3.05, 3.63) is 17.0 Å². The lowest BCUT2D eigenvalue weighted by Gasteiger charge is -2.52. The Labute approximate surface area is 150 Å². The van der Waals surface area contributed by atoms with E-state index in [0.717, 1.165) is 50.2 Å². The molecule has 0 bridgehead atoms. The molecule has 1 aromatic heterocycles. The van der Waals surface area contributed by atoms with Gasteiger partial charge in [-0.2, -0.15) is 0 Å². The second-order valence-electron chi connectivity index (χ2n) is 7.44. The van der Waals surface area contributed by atoms with Crippen LogP contribution in [0.4, 0.5) is 0 Å². The third-order valence-corrected chi connectivity index (χ3v) is 6.17. The van der Waals surface area contributed by atoms with Crippen LogP contribution < -0.4 is 0 Å². The van der Waals surface area contributed by atoms with Crippen molar-refractivity contribution in [1.29, 1.82) is 0 Å². The number of carbonyl (C=O) groups excluding carboxylic acids is 1. The van der Waals surface area contributed by atoms with Crippen molar-refractivity contribution in [3.8, 4) is 0 Å². The van der Waals surface area contributed by atoms with Gasteiger partial charge in [0.25, 0.3) is 0 Å². The van der Waals surface area contributed by atoms with Crippen LogP contribution in [0.15, 0.2) is 4.52 Å². The van der Waals surface area contributed by atoms with Crippen LogP contribution in [0.3, 0.4) is 0 Å². The molecule has 1 spiro atoms. The first-order valence-corrected chi connectivity index (χ1v) is 9.48. The molecule has 25 heavy (non-hydrogen) atoms. The highest BCUT2D eigenvalue weighted by Crippen LogP contribution is 2.43. The summed E-state index contributed by atoms with van der Waals surface area (Å²) < 4.78 is 10.6. The predicted molar refractivity (Wildman–Crippen MR) is 95.3 cm³/mol. The maximum absolute atomic E-state index is 12.6. The lowest BCUT2D eigenvalue weighted by atomic mass is 9.77. The fourth-order valence-electron chi connectivity index (χ4n) is 4.99. The number of hydrogen-bond acceptors (Lipinski definition) is 5. The lowest BCUT2D eigenvalue weighted by Crippen LogP contribution is -2.63. The first-order chi connectivity index (χ1) is 12.0. The molecule has 1 amide bonds. The second kappa shape index (κ2) is 7.46. The molecule has 2 aliphatic rings. The standard InChI is InChI=1S/C19H31N3O3/c1-5-17-19(9-7-18(23)22(19)11-12-24-4)8-6-10-21(17)13-16-14(2)20-25-15(16)3/h17H,5-13H2,1-4H3/t17-,19-/m0/s1. The largest absolute Gasteiger partial charge is 0.383 e. The number of aromatic nitrogens is 1. The van der Waals surface area contributed by atoms with Crippen LogP contribution in [0, 0.1) is 13.8 Å². The monoisotopic (exact) mass is 349 g/mol. The van der Waals surface area contributed by atoms with E-state index >= 15 is 0 Å². The van der Waals surface area contributed by atoms with Crippen molar-refractivity contribution in [3.63, 3.8) is 0 Å². The Kier molecular flexibility index (Phi) is 5.49. The number of nitrogens with zero attached hydrogens (tertiary/aromatic N) is 3. The Bertz CT molecular complexity index is 596. The summed E-state index contributed by atoms with van der Waals surface area (Å²) in [5, 5.41) is 4.11. The van der Waals surface area contributed by atoms with Gasteiger partial charge in [0.05, 0.1) is 17.8 Å². The smallest absolute Gasteiger partial charge is 0.223 e. The highest BCUT2D eigenvalue weighted by Gasteiger charge is 2.52. The number of methoxy groups -OCH3 is 1. The van der Waals surface area contributed by atoms with Gasteiger partial charge < -0.3 is 14.2 Å². The average molecular weight is 349 g/mol. The molecule has 3 rings (SSSR count). The molecule has 2 saturated heterocycles. The molecule has 2 fully saturated rings. The number of piperidine rings is 1. The fourth-order valence-corrected chi connectivity index (χ4v) is 4.99. The molecule has 2 aliphatic heterocycles. The highest BCUT2D eigenvalue weighted by molar-refractivity contribution is 5.80. The Morgan fingerprint density at radius 3 is 2.80 bits per heavy atom. The van der Waals surface area contributed by atoms with Crippen molar-refractivity contribution in [1.82, 2.24) is 15.0 Å². The van der Waals surface area contributed by atoms with Gasteiger partial charge >= 0.3 is 0 Å². The van der Waals surface area contributed by atoms with E-state index in [0.29, 0.717) is 25.6 Å². The molecular formula is C19H31N3O3. The zero-order chi connectivity index (χ0) is 18.0. The minimum absolute atomic E-state index is 0.0401. The summed E-state index contributed by atoms with van der Waals surface area (Å²) in [5.41, 5.74) is 2.13. The zero-order valence-electron chi connectivity index (χ0n) is 16.0. The van der Waals surface area contributed by atoms with E-state index < -0.39 is 0 Å². The van der Waals surface area contributed by atoms with Gasteiger partial charge in [0.1, 0.15) is 5.76 Å². The van der Waals surface area contributed by atoms with Crippen LogP contribution in [0.2, 0.25) is 0 Å². The topological polar surface area (TPSA) is 58.8 Å². The molecule has 6 heteroatoms. The van der Waals surface area contributed by atoms with Crippen LogP contribution in [0.5, 0.6) is 0 Å². The van der Waals surface area contributed by atoms with E-state index in [1.807, 2.05) is 13.8 Å². The lowest BCUT2D eigenvalue weighted by molar-refractivity contribution is -0.136. The molecule has 3 heterocycles. The maximum atomic E-state index is 12.6. The Morgan fingerprint density at radius 2 is 2.16 bits per heavy atom. The summed E-state index contributed by atoms with van der Waals surface area (Å²) in [6.07, 6.45) is 4.89. The summed E-state index contributed by atoms with van der Waals surface area (Å²) in [6.45, 7) is 9.47. The van der Waals surface area contributed by atoms with Crippen LogP contribution in [0.25, 0.3) is 0 Å². The van der Waals surface area contributed by atoms with Gasteiger partial charge in [-0.3, -0.25) is 9.69 Å². The van der Waals surface area contributed by atoms with Crippen LogP contribution in [-0.2, 0) is 16.1 Å². The third kappa shape index (κ3) is 3.22. The van der Waals surface area contributed by atoms with E-state index in [1.54, 1.807) is 7.11 Å². The van der Waals surface area contributed by atoms with E-state index in [2.05, 4.69) is 21.9 Å². The van der Waals surface area contributed by atoms with E-state index in [-0.39, 0.29) is 11.4 Å². The first kappa shape index (κ1) is 18.4. The van der Waals surface area contributed by atoms with E-state index in [9.17, 15) is 4.79 Å². The number of likely N-dealkylation sites (tertiary alicyclic amines) is 2. The summed E-state index contributed by atoms with van der Waals surface area (Å²) in [7, 11) is 1.70. The second-order valence-corrected chi connectivity index (χ2v) is 7.44. The van der Waals surface area contributed by atoms with Crippen LogP contribution >= 0.6 is 0 Å². The molecule has 0 saturated carbocycles. The van der Waals surface area contributed by atoms with Crippen molar-refractivity contribution < 1.29 is 14.1 Å². The Hall–Kier alpha value is -1.40. The Balaban J connectivity index is 1.86.